The van der Waals surface area contributed by atoms with Gasteiger partial charge in [0.05, 0.1) is 18.7 Å². The Bertz CT molecular complexity index is 510. The van der Waals surface area contributed by atoms with Crippen molar-refractivity contribution in [2.75, 3.05) is 13.7 Å². The van der Waals surface area contributed by atoms with E-state index in [9.17, 15) is 14.4 Å². The van der Waals surface area contributed by atoms with E-state index in [1.165, 1.54) is 19.2 Å². The van der Waals surface area contributed by atoms with Crippen molar-refractivity contribution in [2.45, 2.75) is 12.5 Å². The standard InChI is InChI=1S/C13H14N2O4/c1-19-13(18)9-4-2-8(3-5-9)12(17)15-10-6-11(16)14-7-10/h2-5,10H,6-7H2,1H3,(H,14,16)(H,15,17)/t10-/m1/s1. The fourth-order valence-corrected chi connectivity index (χ4v) is 1.85. The zero-order valence-electron chi connectivity index (χ0n) is 10.4. The number of hydrogen-bond donors (Lipinski definition) is 2. The van der Waals surface area contributed by atoms with E-state index in [0.717, 1.165) is 0 Å². The molecule has 0 saturated carbocycles. The summed E-state index contributed by atoms with van der Waals surface area (Å²) in [6.07, 6.45) is 0.298. The summed E-state index contributed by atoms with van der Waals surface area (Å²) >= 11 is 0. The van der Waals surface area contributed by atoms with Gasteiger partial charge in [-0.15, -0.1) is 0 Å². The number of methoxy groups -OCH3 is 1. The van der Waals surface area contributed by atoms with Crippen LogP contribution in [0, 0.1) is 0 Å². The summed E-state index contributed by atoms with van der Waals surface area (Å²) < 4.78 is 4.57. The maximum atomic E-state index is 11.9. The zero-order valence-corrected chi connectivity index (χ0v) is 10.4. The second-order valence-corrected chi connectivity index (χ2v) is 4.25. The van der Waals surface area contributed by atoms with Crippen molar-refractivity contribution >= 4 is 17.8 Å². The molecule has 0 radical (unpaired) electrons. The summed E-state index contributed by atoms with van der Waals surface area (Å²) in [5.41, 5.74) is 0.823. The average Bonchev–Trinajstić information content (AvgIpc) is 2.83. The van der Waals surface area contributed by atoms with Gasteiger partial charge in [0, 0.05) is 18.5 Å². The third-order valence-electron chi connectivity index (χ3n) is 2.88. The Morgan fingerprint density at radius 3 is 2.42 bits per heavy atom. The van der Waals surface area contributed by atoms with Gasteiger partial charge >= 0.3 is 5.97 Å². The van der Waals surface area contributed by atoms with Crippen molar-refractivity contribution < 1.29 is 19.1 Å². The van der Waals surface area contributed by atoms with Gasteiger partial charge in [-0.25, -0.2) is 4.79 Å². The molecule has 1 saturated heterocycles. The molecule has 2 N–H and O–H groups in total. The number of amides is 2. The first kappa shape index (κ1) is 13.1. The van der Waals surface area contributed by atoms with Gasteiger partial charge in [0.2, 0.25) is 5.91 Å². The second kappa shape index (κ2) is 5.51. The van der Waals surface area contributed by atoms with E-state index < -0.39 is 5.97 Å². The molecule has 0 aliphatic carbocycles. The molecule has 0 spiro atoms. The molecule has 1 heterocycles. The lowest BCUT2D eigenvalue weighted by atomic mass is 10.1. The lowest BCUT2D eigenvalue weighted by Gasteiger charge is -2.10. The van der Waals surface area contributed by atoms with Crippen LogP contribution in [0.5, 0.6) is 0 Å². The van der Waals surface area contributed by atoms with Gasteiger partial charge in [-0.05, 0) is 24.3 Å². The first-order valence-corrected chi connectivity index (χ1v) is 5.86. The van der Waals surface area contributed by atoms with Crippen molar-refractivity contribution in [1.82, 2.24) is 10.6 Å². The van der Waals surface area contributed by atoms with Crippen LogP contribution in [0.4, 0.5) is 0 Å². The SMILES string of the molecule is COC(=O)c1ccc(C(=O)N[C@H]2CNC(=O)C2)cc1. The third-order valence-corrected chi connectivity index (χ3v) is 2.88. The third kappa shape index (κ3) is 3.09. The van der Waals surface area contributed by atoms with Crippen LogP contribution < -0.4 is 10.6 Å². The molecule has 1 aromatic rings. The van der Waals surface area contributed by atoms with E-state index in [1.54, 1.807) is 12.1 Å². The maximum Gasteiger partial charge on any atom is 0.337 e. The topological polar surface area (TPSA) is 84.5 Å². The summed E-state index contributed by atoms with van der Waals surface area (Å²) in [4.78, 5) is 34.1. The van der Waals surface area contributed by atoms with Gasteiger partial charge in [0.25, 0.3) is 5.91 Å². The lowest BCUT2D eigenvalue weighted by Crippen LogP contribution is -2.36. The second-order valence-electron chi connectivity index (χ2n) is 4.25. The van der Waals surface area contributed by atoms with Crippen LogP contribution in [0.15, 0.2) is 24.3 Å². The fourth-order valence-electron chi connectivity index (χ4n) is 1.85. The average molecular weight is 262 g/mol. The summed E-state index contributed by atoms with van der Waals surface area (Å²) in [5.74, 6) is -0.776. The number of rotatable bonds is 3. The first-order chi connectivity index (χ1) is 9.10. The molecule has 1 aromatic carbocycles. The lowest BCUT2D eigenvalue weighted by molar-refractivity contribution is -0.119. The fraction of sp³-hybridized carbons (Fsp3) is 0.308. The van der Waals surface area contributed by atoms with E-state index in [1.807, 2.05) is 0 Å². The largest absolute Gasteiger partial charge is 0.465 e. The summed E-state index contributed by atoms with van der Waals surface area (Å²) in [6.45, 7) is 0.449. The molecular weight excluding hydrogens is 248 g/mol. The highest BCUT2D eigenvalue weighted by Gasteiger charge is 2.23. The van der Waals surface area contributed by atoms with Crippen LogP contribution in [0.25, 0.3) is 0 Å². The molecule has 0 bridgehead atoms. The Hall–Kier alpha value is -2.37. The van der Waals surface area contributed by atoms with E-state index in [4.69, 9.17) is 0 Å². The van der Waals surface area contributed by atoms with E-state index >= 15 is 0 Å². The van der Waals surface area contributed by atoms with Crippen molar-refractivity contribution in [1.29, 1.82) is 0 Å². The molecule has 19 heavy (non-hydrogen) atoms. The smallest absolute Gasteiger partial charge is 0.337 e. The molecule has 6 heteroatoms. The summed E-state index contributed by atoms with van der Waals surface area (Å²) in [7, 11) is 1.30. The normalized spacial score (nSPS) is 17.7. The summed E-state index contributed by atoms with van der Waals surface area (Å²) in [5, 5.41) is 5.39. The molecule has 0 aromatic heterocycles. The van der Waals surface area contributed by atoms with E-state index in [2.05, 4.69) is 15.4 Å². The molecular formula is C13H14N2O4. The van der Waals surface area contributed by atoms with Gasteiger partial charge in [0.15, 0.2) is 0 Å². The number of ether oxygens (including phenoxy) is 1. The Kier molecular flexibility index (Phi) is 3.79. The van der Waals surface area contributed by atoms with E-state index in [-0.39, 0.29) is 17.9 Å². The minimum absolute atomic E-state index is 0.0636. The van der Waals surface area contributed by atoms with E-state index in [0.29, 0.717) is 24.1 Å². The number of hydrogen-bond acceptors (Lipinski definition) is 4. The minimum Gasteiger partial charge on any atom is -0.465 e. The Morgan fingerprint density at radius 1 is 1.26 bits per heavy atom. The quantitative estimate of drug-likeness (QED) is 0.756. The highest BCUT2D eigenvalue weighted by Crippen LogP contribution is 2.07. The van der Waals surface area contributed by atoms with Crippen molar-refractivity contribution in [3.63, 3.8) is 0 Å². The molecule has 1 fully saturated rings. The Labute approximate surface area is 110 Å². The Morgan fingerprint density at radius 2 is 1.89 bits per heavy atom. The van der Waals surface area contributed by atoms with Crippen molar-refractivity contribution in [3.8, 4) is 0 Å². The summed E-state index contributed by atoms with van der Waals surface area (Å²) in [6, 6.07) is 5.97. The number of carbonyl (C=O) groups is 3. The van der Waals surface area contributed by atoms with Gasteiger partial charge in [-0.3, -0.25) is 9.59 Å². The van der Waals surface area contributed by atoms with Gasteiger partial charge in [0.1, 0.15) is 0 Å². The minimum atomic E-state index is -0.447. The van der Waals surface area contributed by atoms with Crippen LogP contribution in [-0.2, 0) is 9.53 Å². The van der Waals surface area contributed by atoms with Gasteiger partial charge in [-0.1, -0.05) is 0 Å². The number of esters is 1. The molecule has 6 nitrogen and oxygen atoms in total. The molecule has 100 valence electrons. The monoisotopic (exact) mass is 262 g/mol. The van der Waals surface area contributed by atoms with Crippen LogP contribution in [-0.4, -0.2) is 37.5 Å². The molecule has 1 atom stereocenters. The molecule has 2 rings (SSSR count). The van der Waals surface area contributed by atoms with Crippen LogP contribution in [0.1, 0.15) is 27.1 Å². The highest BCUT2D eigenvalue weighted by atomic mass is 16.5. The Balaban J connectivity index is 1.99. The predicted molar refractivity (Wildman–Crippen MR) is 66.7 cm³/mol. The van der Waals surface area contributed by atoms with Crippen LogP contribution in [0.3, 0.4) is 0 Å². The molecule has 2 amide bonds. The van der Waals surface area contributed by atoms with Crippen LogP contribution in [0.2, 0.25) is 0 Å². The van der Waals surface area contributed by atoms with Crippen molar-refractivity contribution in [3.05, 3.63) is 35.4 Å². The van der Waals surface area contributed by atoms with Gasteiger partial charge < -0.3 is 15.4 Å². The van der Waals surface area contributed by atoms with Gasteiger partial charge in [-0.2, -0.15) is 0 Å². The molecule has 1 aliphatic rings. The first-order valence-electron chi connectivity index (χ1n) is 5.86. The van der Waals surface area contributed by atoms with Crippen LogP contribution >= 0.6 is 0 Å². The number of carbonyl (C=O) groups excluding carboxylic acids is 3. The van der Waals surface area contributed by atoms with Crippen molar-refractivity contribution in [2.24, 2.45) is 0 Å². The number of nitrogens with one attached hydrogen (secondary N) is 2. The predicted octanol–water partition coefficient (Wildman–Crippen LogP) is 0.0915. The zero-order chi connectivity index (χ0) is 13.8. The maximum absolute atomic E-state index is 11.9. The highest BCUT2D eigenvalue weighted by molar-refractivity contribution is 5.96. The molecule has 1 aliphatic heterocycles. The number of benzene rings is 1. The molecule has 0 unspecified atom stereocenters.